The van der Waals surface area contributed by atoms with Crippen LogP contribution in [0.25, 0.3) is 0 Å². The van der Waals surface area contributed by atoms with Gasteiger partial charge in [0.2, 0.25) is 0 Å². The molecule has 0 unspecified atom stereocenters. The van der Waals surface area contributed by atoms with Crippen LogP contribution in [0.1, 0.15) is 56.4 Å². The third-order valence-electron chi connectivity index (χ3n) is 6.60. The molecule has 0 aromatic heterocycles. The third-order valence-corrected chi connectivity index (χ3v) is 6.60. The lowest BCUT2D eigenvalue weighted by atomic mass is 9.77. The Morgan fingerprint density at radius 1 is 1.20 bits per heavy atom. The molecule has 2 aliphatic heterocycles. The zero-order chi connectivity index (χ0) is 20.9. The number of carbonyl (C=O) groups is 1. The number of carboxylic acids is 1. The van der Waals surface area contributed by atoms with Gasteiger partial charge in [-0.3, -0.25) is 4.79 Å². The molecule has 1 saturated carbocycles. The first-order chi connectivity index (χ1) is 14.6. The second-order valence-electron chi connectivity index (χ2n) is 8.58. The number of nitrogens with one attached hydrogen (secondary N) is 1. The number of carboxylic acid groups (broad SMARTS) is 1. The standard InChI is InChI=1S/C23H32N4O3/c24-23-19-7-10-21(25-15-26-23)30-12-11-27(14-19)20-8-5-18(6-9-20)17-3-1-16(2-4-17)13-22(28)29/h5-6,8-9,16-17,26H,1-4,7,10-15,24H2,(H,28,29)/b23-19+,25-21+. The molecule has 4 rings (SSSR count). The van der Waals surface area contributed by atoms with Crippen LogP contribution in [0.3, 0.4) is 0 Å². The molecule has 2 fully saturated rings. The lowest BCUT2D eigenvalue weighted by Crippen LogP contribution is -2.32. The molecule has 1 saturated heterocycles. The topological polar surface area (TPSA) is 100 Å². The van der Waals surface area contributed by atoms with Crippen molar-refractivity contribution in [2.24, 2.45) is 16.6 Å². The second-order valence-corrected chi connectivity index (χ2v) is 8.58. The zero-order valence-electron chi connectivity index (χ0n) is 17.5. The first-order valence-electron chi connectivity index (χ1n) is 11.0. The van der Waals surface area contributed by atoms with Gasteiger partial charge in [-0.2, -0.15) is 0 Å². The van der Waals surface area contributed by atoms with Crippen LogP contribution in [0.15, 0.2) is 40.7 Å². The van der Waals surface area contributed by atoms with Crippen LogP contribution in [-0.2, 0) is 9.53 Å². The van der Waals surface area contributed by atoms with E-state index in [1.54, 1.807) is 0 Å². The molecule has 0 spiro atoms. The fraction of sp³-hybridized carbons (Fsp3) is 0.565. The van der Waals surface area contributed by atoms with E-state index in [0.29, 0.717) is 31.5 Å². The Bertz CT molecular complexity index is 810. The van der Waals surface area contributed by atoms with Crippen molar-refractivity contribution in [2.75, 3.05) is 31.3 Å². The summed E-state index contributed by atoms with van der Waals surface area (Å²) in [5.41, 5.74) is 9.99. The maximum Gasteiger partial charge on any atom is 0.303 e. The minimum absolute atomic E-state index is 0.308. The summed E-state index contributed by atoms with van der Waals surface area (Å²) in [7, 11) is 0. The summed E-state index contributed by atoms with van der Waals surface area (Å²) in [6.07, 6.45) is 6.13. The number of anilines is 1. The SMILES string of the molecule is N/C1=C2/CC/C(=N\CN1)OCCN(c1ccc(C3CCC(CC(=O)O)CC3)cc1)C2. The number of hydrogen-bond donors (Lipinski definition) is 3. The van der Waals surface area contributed by atoms with Crippen molar-refractivity contribution < 1.29 is 14.6 Å². The molecular weight excluding hydrogens is 380 g/mol. The number of rotatable bonds is 4. The molecule has 0 atom stereocenters. The van der Waals surface area contributed by atoms with Gasteiger partial charge in [0, 0.05) is 25.1 Å². The quantitative estimate of drug-likeness (QED) is 0.702. The molecule has 3 aliphatic rings. The van der Waals surface area contributed by atoms with Crippen LogP contribution in [0.4, 0.5) is 5.69 Å². The highest BCUT2D eigenvalue weighted by atomic mass is 16.5. The number of nitrogens with zero attached hydrogens (tertiary/aromatic N) is 2. The maximum absolute atomic E-state index is 10.9. The van der Waals surface area contributed by atoms with Crippen molar-refractivity contribution in [1.29, 1.82) is 0 Å². The van der Waals surface area contributed by atoms with Crippen LogP contribution in [0.2, 0.25) is 0 Å². The third kappa shape index (κ3) is 5.07. The van der Waals surface area contributed by atoms with Crippen LogP contribution < -0.4 is 16.0 Å². The Hall–Kier alpha value is -2.70. The van der Waals surface area contributed by atoms with Crippen molar-refractivity contribution in [3.05, 3.63) is 41.2 Å². The molecule has 1 aromatic rings. The summed E-state index contributed by atoms with van der Waals surface area (Å²) in [4.78, 5) is 17.7. The highest BCUT2D eigenvalue weighted by molar-refractivity contribution is 5.76. The number of aliphatic imine (C=N–C) groups is 1. The van der Waals surface area contributed by atoms with Crippen molar-refractivity contribution in [3.63, 3.8) is 0 Å². The van der Waals surface area contributed by atoms with E-state index >= 15 is 0 Å². The number of hydrogen-bond acceptors (Lipinski definition) is 6. The predicted molar refractivity (Wildman–Crippen MR) is 117 cm³/mol. The van der Waals surface area contributed by atoms with Crippen molar-refractivity contribution in [2.45, 2.75) is 50.9 Å². The monoisotopic (exact) mass is 412 g/mol. The van der Waals surface area contributed by atoms with E-state index in [9.17, 15) is 4.79 Å². The molecule has 0 amide bonds. The lowest BCUT2D eigenvalue weighted by molar-refractivity contribution is -0.138. The fourth-order valence-electron chi connectivity index (χ4n) is 4.80. The van der Waals surface area contributed by atoms with Crippen LogP contribution in [-0.4, -0.2) is 43.3 Å². The van der Waals surface area contributed by atoms with E-state index in [1.165, 1.54) is 16.8 Å². The van der Waals surface area contributed by atoms with Gasteiger partial charge in [0.15, 0.2) is 5.90 Å². The molecular formula is C23H32N4O3. The van der Waals surface area contributed by atoms with E-state index in [2.05, 4.69) is 39.5 Å². The first kappa shape index (κ1) is 20.6. The van der Waals surface area contributed by atoms with Gasteiger partial charge in [-0.15, -0.1) is 0 Å². The van der Waals surface area contributed by atoms with Gasteiger partial charge in [-0.05, 0) is 67.2 Å². The smallest absolute Gasteiger partial charge is 0.303 e. The molecule has 0 radical (unpaired) electrons. The summed E-state index contributed by atoms with van der Waals surface area (Å²) < 4.78 is 5.89. The number of ether oxygens (including phenoxy) is 1. The Balaban J connectivity index is 1.43. The Morgan fingerprint density at radius 3 is 2.70 bits per heavy atom. The van der Waals surface area contributed by atoms with Gasteiger partial charge in [-0.1, -0.05) is 12.1 Å². The van der Waals surface area contributed by atoms with Crippen LogP contribution in [0, 0.1) is 5.92 Å². The molecule has 1 aromatic carbocycles. The Labute approximate surface area is 178 Å². The molecule has 30 heavy (non-hydrogen) atoms. The largest absolute Gasteiger partial charge is 0.481 e. The Kier molecular flexibility index (Phi) is 6.45. The maximum atomic E-state index is 10.9. The molecule has 1 aliphatic carbocycles. The summed E-state index contributed by atoms with van der Waals surface area (Å²) in [6, 6.07) is 8.88. The van der Waals surface area contributed by atoms with Crippen molar-refractivity contribution >= 4 is 17.6 Å². The summed E-state index contributed by atoms with van der Waals surface area (Å²) in [6.45, 7) is 2.65. The number of fused-ring (bicyclic) bond motifs is 3. The van der Waals surface area contributed by atoms with E-state index in [1.807, 2.05) is 0 Å². The number of benzene rings is 1. The minimum Gasteiger partial charge on any atom is -0.481 e. The molecule has 2 heterocycles. The molecule has 2 bridgehead atoms. The normalized spacial score (nSPS) is 29.2. The molecule has 7 nitrogen and oxygen atoms in total. The minimum atomic E-state index is -0.672. The summed E-state index contributed by atoms with van der Waals surface area (Å²) in [5, 5.41) is 12.2. The first-order valence-corrected chi connectivity index (χ1v) is 11.0. The lowest BCUT2D eigenvalue weighted by Gasteiger charge is -2.29. The van der Waals surface area contributed by atoms with E-state index in [0.717, 1.165) is 63.3 Å². The van der Waals surface area contributed by atoms with Gasteiger partial charge in [-0.25, -0.2) is 4.99 Å². The van der Waals surface area contributed by atoms with E-state index in [-0.39, 0.29) is 0 Å². The predicted octanol–water partition coefficient (Wildman–Crippen LogP) is 3.18. The second kappa shape index (κ2) is 9.41. The average Bonchev–Trinajstić information content (AvgIpc) is 2.82. The van der Waals surface area contributed by atoms with Gasteiger partial charge in [0.1, 0.15) is 13.3 Å². The van der Waals surface area contributed by atoms with Crippen molar-refractivity contribution in [1.82, 2.24) is 5.32 Å². The van der Waals surface area contributed by atoms with E-state index < -0.39 is 5.97 Å². The number of aliphatic carboxylic acids is 1. The van der Waals surface area contributed by atoms with Gasteiger partial charge >= 0.3 is 5.97 Å². The van der Waals surface area contributed by atoms with Crippen molar-refractivity contribution in [3.8, 4) is 0 Å². The van der Waals surface area contributed by atoms with Crippen LogP contribution in [0.5, 0.6) is 0 Å². The molecule has 7 heteroatoms. The summed E-state index contributed by atoms with van der Waals surface area (Å²) >= 11 is 0. The van der Waals surface area contributed by atoms with E-state index in [4.69, 9.17) is 15.6 Å². The van der Waals surface area contributed by atoms with Gasteiger partial charge in [0.25, 0.3) is 0 Å². The van der Waals surface area contributed by atoms with Gasteiger partial charge < -0.3 is 25.8 Å². The molecule has 162 valence electrons. The zero-order valence-corrected chi connectivity index (χ0v) is 17.5. The highest BCUT2D eigenvalue weighted by Gasteiger charge is 2.24. The van der Waals surface area contributed by atoms with Crippen LogP contribution >= 0.6 is 0 Å². The summed E-state index contributed by atoms with van der Waals surface area (Å²) in [5.74, 6) is 1.74. The highest BCUT2D eigenvalue weighted by Crippen LogP contribution is 2.37. The van der Waals surface area contributed by atoms with Gasteiger partial charge in [0.05, 0.1) is 12.4 Å². The number of nitrogens with two attached hydrogens (primary N) is 1. The fourth-order valence-corrected chi connectivity index (χ4v) is 4.80. The Morgan fingerprint density at radius 2 is 1.97 bits per heavy atom. The average molecular weight is 413 g/mol. The molecule has 4 N–H and O–H groups in total.